The van der Waals surface area contributed by atoms with Crippen molar-refractivity contribution in [1.82, 2.24) is 14.7 Å². The van der Waals surface area contributed by atoms with Crippen molar-refractivity contribution < 1.29 is 19.8 Å². The van der Waals surface area contributed by atoms with Crippen LogP contribution < -0.4 is 0 Å². The summed E-state index contributed by atoms with van der Waals surface area (Å²) in [5.41, 5.74) is 1.50. The van der Waals surface area contributed by atoms with Gasteiger partial charge in [0, 0.05) is 24.8 Å². The number of piperidine rings is 1. The van der Waals surface area contributed by atoms with Crippen molar-refractivity contribution in [3.8, 4) is 0 Å². The van der Waals surface area contributed by atoms with Crippen LogP contribution in [0.1, 0.15) is 45.2 Å². The topological polar surface area (TPSA) is 95.7 Å². The summed E-state index contributed by atoms with van der Waals surface area (Å²) < 4.78 is 1.64. The minimum atomic E-state index is -1.01. The molecular weight excluding hydrogens is 310 g/mol. The molecule has 1 aromatic heterocycles. The number of aromatic carboxylic acids is 1. The van der Waals surface area contributed by atoms with Gasteiger partial charge in [-0.3, -0.25) is 9.48 Å². The van der Waals surface area contributed by atoms with E-state index in [9.17, 15) is 9.59 Å². The first-order valence-corrected chi connectivity index (χ1v) is 7.85. The molecule has 1 unspecified atom stereocenters. The number of carbonyl (C=O) groups excluding carboxylic acids is 1. The molecule has 1 saturated heterocycles. The molecule has 0 radical (unpaired) electrons. The molecule has 2 N–H and O–H groups in total. The fraction of sp³-hybridized carbons (Fsp3) is 0.353. The highest BCUT2D eigenvalue weighted by Crippen LogP contribution is 2.23. The number of amides is 1. The number of nitrogens with zero attached hydrogens (tertiary/aromatic N) is 3. The van der Waals surface area contributed by atoms with Crippen molar-refractivity contribution in [1.29, 1.82) is 0 Å². The summed E-state index contributed by atoms with van der Waals surface area (Å²) in [4.78, 5) is 25.4. The van der Waals surface area contributed by atoms with E-state index in [1.807, 2.05) is 0 Å². The van der Waals surface area contributed by atoms with Gasteiger partial charge in [-0.15, -0.1) is 0 Å². The summed E-state index contributed by atoms with van der Waals surface area (Å²) >= 11 is 0. The summed E-state index contributed by atoms with van der Waals surface area (Å²) in [5, 5.41) is 22.2. The number of aliphatic hydroxyl groups excluding tert-OH is 1. The van der Waals surface area contributed by atoms with Crippen molar-refractivity contribution in [2.45, 2.75) is 25.5 Å². The molecule has 0 spiro atoms. The molecule has 7 nitrogen and oxygen atoms in total. The van der Waals surface area contributed by atoms with Crippen LogP contribution in [0.15, 0.2) is 36.7 Å². The SMILES string of the molecule is O=C(O)c1cnn(C2CCCN(C(=O)c3ccc(CO)cc3)C2)c1. The van der Waals surface area contributed by atoms with E-state index in [0.717, 1.165) is 18.4 Å². The van der Waals surface area contributed by atoms with Gasteiger partial charge in [0.1, 0.15) is 0 Å². The van der Waals surface area contributed by atoms with Gasteiger partial charge < -0.3 is 15.1 Å². The lowest BCUT2D eigenvalue weighted by molar-refractivity contribution is 0.0666. The third kappa shape index (κ3) is 3.30. The zero-order chi connectivity index (χ0) is 17.1. The fourth-order valence-corrected chi connectivity index (χ4v) is 2.94. The Morgan fingerprint density at radius 2 is 1.96 bits per heavy atom. The second-order valence-corrected chi connectivity index (χ2v) is 5.92. The van der Waals surface area contributed by atoms with Crippen LogP contribution >= 0.6 is 0 Å². The predicted molar refractivity (Wildman–Crippen MR) is 85.7 cm³/mol. The zero-order valence-corrected chi connectivity index (χ0v) is 13.1. The summed E-state index contributed by atoms with van der Waals surface area (Å²) in [5.74, 6) is -1.07. The minimum Gasteiger partial charge on any atom is -0.478 e. The molecule has 0 aliphatic carbocycles. The zero-order valence-electron chi connectivity index (χ0n) is 13.1. The van der Waals surface area contributed by atoms with Crippen molar-refractivity contribution >= 4 is 11.9 Å². The Bertz CT molecular complexity index is 739. The highest BCUT2D eigenvalue weighted by Gasteiger charge is 2.26. The quantitative estimate of drug-likeness (QED) is 0.887. The Hall–Kier alpha value is -2.67. The number of benzene rings is 1. The molecule has 0 bridgehead atoms. The lowest BCUT2D eigenvalue weighted by atomic mass is 10.0. The number of likely N-dealkylation sites (tertiary alicyclic amines) is 1. The number of carboxylic acid groups (broad SMARTS) is 1. The van der Waals surface area contributed by atoms with Crippen LogP contribution in [0, 0.1) is 0 Å². The van der Waals surface area contributed by atoms with Gasteiger partial charge in [0.25, 0.3) is 5.91 Å². The highest BCUT2D eigenvalue weighted by molar-refractivity contribution is 5.94. The van der Waals surface area contributed by atoms with Gasteiger partial charge >= 0.3 is 5.97 Å². The summed E-state index contributed by atoms with van der Waals surface area (Å²) in [6.45, 7) is 1.12. The molecule has 1 aliphatic heterocycles. The first-order valence-electron chi connectivity index (χ1n) is 7.85. The summed E-state index contributed by atoms with van der Waals surface area (Å²) in [7, 11) is 0. The molecule has 0 saturated carbocycles. The van der Waals surface area contributed by atoms with Crippen LogP contribution in [0.25, 0.3) is 0 Å². The highest BCUT2D eigenvalue weighted by atomic mass is 16.4. The average molecular weight is 329 g/mol. The molecule has 126 valence electrons. The molecule has 1 atom stereocenters. The number of hydrogen-bond acceptors (Lipinski definition) is 4. The summed E-state index contributed by atoms with van der Waals surface area (Å²) in [6, 6.07) is 6.89. The maximum atomic E-state index is 12.6. The van der Waals surface area contributed by atoms with Gasteiger partial charge in [0.05, 0.1) is 24.4 Å². The lowest BCUT2D eigenvalue weighted by Crippen LogP contribution is -2.40. The third-order valence-corrected chi connectivity index (χ3v) is 4.29. The Morgan fingerprint density at radius 1 is 1.21 bits per heavy atom. The van der Waals surface area contributed by atoms with Crippen molar-refractivity contribution in [3.05, 3.63) is 53.3 Å². The van der Waals surface area contributed by atoms with E-state index in [-0.39, 0.29) is 24.1 Å². The number of carboxylic acids is 1. The average Bonchev–Trinajstić information content (AvgIpc) is 3.12. The van der Waals surface area contributed by atoms with E-state index >= 15 is 0 Å². The van der Waals surface area contributed by atoms with Crippen molar-refractivity contribution in [2.75, 3.05) is 13.1 Å². The van der Waals surface area contributed by atoms with Gasteiger partial charge in [0.15, 0.2) is 0 Å². The molecule has 2 aromatic rings. The Kier molecular flexibility index (Phi) is 4.61. The molecule has 2 heterocycles. The smallest absolute Gasteiger partial charge is 0.338 e. The molecule has 1 aromatic carbocycles. The molecule has 1 fully saturated rings. The molecule has 1 aliphatic rings. The normalized spacial score (nSPS) is 17.7. The second kappa shape index (κ2) is 6.84. The monoisotopic (exact) mass is 329 g/mol. The van der Waals surface area contributed by atoms with E-state index in [1.165, 1.54) is 12.4 Å². The number of hydrogen-bond donors (Lipinski definition) is 2. The van der Waals surface area contributed by atoms with Crippen LogP contribution in [0.4, 0.5) is 0 Å². The Morgan fingerprint density at radius 3 is 2.58 bits per heavy atom. The fourth-order valence-electron chi connectivity index (χ4n) is 2.94. The van der Waals surface area contributed by atoms with Crippen LogP contribution in [0.5, 0.6) is 0 Å². The minimum absolute atomic E-state index is 0.0208. The first-order chi connectivity index (χ1) is 11.6. The lowest BCUT2D eigenvalue weighted by Gasteiger charge is -2.33. The van der Waals surface area contributed by atoms with Crippen molar-refractivity contribution in [3.63, 3.8) is 0 Å². The van der Waals surface area contributed by atoms with E-state index in [4.69, 9.17) is 10.2 Å². The standard InChI is InChI=1S/C17H19N3O4/c21-11-12-3-5-13(6-4-12)16(22)19-7-1-2-15(10-19)20-9-14(8-18-20)17(23)24/h3-6,8-9,15,21H,1-2,7,10-11H2,(H,23,24). The molecule has 24 heavy (non-hydrogen) atoms. The first kappa shape index (κ1) is 16.2. The van der Waals surface area contributed by atoms with E-state index < -0.39 is 5.97 Å². The largest absolute Gasteiger partial charge is 0.478 e. The van der Waals surface area contributed by atoms with Crippen LogP contribution in [-0.2, 0) is 6.61 Å². The van der Waals surface area contributed by atoms with Gasteiger partial charge in [-0.1, -0.05) is 12.1 Å². The van der Waals surface area contributed by atoms with Crippen LogP contribution in [-0.4, -0.2) is 49.9 Å². The second-order valence-electron chi connectivity index (χ2n) is 5.92. The Balaban J connectivity index is 1.71. The number of rotatable bonds is 4. The van der Waals surface area contributed by atoms with Crippen LogP contribution in [0.3, 0.4) is 0 Å². The van der Waals surface area contributed by atoms with Gasteiger partial charge in [-0.25, -0.2) is 4.79 Å². The van der Waals surface area contributed by atoms with E-state index in [2.05, 4.69) is 5.10 Å². The van der Waals surface area contributed by atoms with Gasteiger partial charge in [-0.05, 0) is 30.5 Å². The maximum Gasteiger partial charge on any atom is 0.338 e. The number of aliphatic hydroxyl groups is 1. The molecule has 7 heteroatoms. The molecular formula is C17H19N3O4. The number of carbonyl (C=O) groups is 2. The Labute approximate surface area is 139 Å². The van der Waals surface area contributed by atoms with Gasteiger partial charge in [0.2, 0.25) is 0 Å². The van der Waals surface area contributed by atoms with E-state index in [0.29, 0.717) is 18.7 Å². The number of aromatic nitrogens is 2. The van der Waals surface area contributed by atoms with E-state index in [1.54, 1.807) is 33.8 Å². The maximum absolute atomic E-state index is 12.6. The molecule has 3 rings (SSSR count). The van der Waals surface area contributed by atoms with Crippen LogP contribution in [0.2, 0.25) is 0 Å². The van der Waals surface area contributed by atoms with Crippen molar-refractivity contribution in [2.24, 2.45) is 0 Å². The molecule has 1 amide bonds. The summed E-state index contributed by atoms with van der Waals surface area (Å²) in [6.07, 6.45) is 4.54. The third-order valence-electron chi connectivity index (χ3n) is 4.29. The predicted octanol–water partition coefficient (Wildman–Crippen LogP) is 1.55. The van der Waals surface area contributed by atoms with Gasteiger partial charge in [-0.2, -0.15) is 5.10 Å².